The van der Waals surface area contributed by atoms with Gasteiger partial charge in [-0.15, -0.1) is 0 Å². The molecular formula is C6H12NO5P. The number of amides is 1. The average molecular weight is 209 g/mol. The fraction of sp³-hybridized carbons (Fsp3) is 0.500. The molecule has 0 aromatic carbocycles. The number of carbonyl (C=O) groups is 1. The summed E-state index contributed by atoms with van der Waals surface area (Å²) in [5, 5.41) is 2.36. The van der Waals surface area contributed by atoms with Gasteiger partial charge in [0.05, 0.1) is 6.61 Å². The number of nitrogens with one attached hydrogen (secondary N) is 1. The van der Waals surface area contributed by atoms with Crippen molar-refractivity contribution < 1.29 is 23.3 Å². The molecule has 1 amide bonds. The van der Waals surface area contributed by atoms with Crippen molar-refractivity contribution in [1.82, 2.24) is 5.32 Å². The van der Waals surface area contributed by atoms with Crippen LogP contribution in [0.5, 0.6) is 0 Å². The molecule has 1 atom stereocenters. The summed E-state index contributed by atoms with van der Waals surface area (Å²) in [5.41, 5.74) is 0. The van der Waals surface area contributed by atoms with E-state index >= 15 is 0 Å². The second-order valence-corrected chi connectivity index (χ2v) is 3.54. The van der Waals surface area contributed by atoms with Crippen LogP contribution in [-0.2, 0) is 18.4 Å². The molecule has 0 saturated carbocycles. The zero-order chi connectivity index (χ0) is 10.3. The fourth-order valence-corrected chi connectivity index (χ4v) is 0.888. The van der Waals surface area contributed by atoms with Crippen LogP contribution in [-0.4, -0.2) is 31.1 Å². The van der Waals surface area contributed by atoms with Gasteiger partial charge in [-0.05, 0) is 6.08 Å². The molecule has 76 valence electrons. The Kier molecular flexibility index (Phi) is 5.57. The van der Waals surface area contributed by atoms with Crippen molar-refractivity contribution in [3.05, 3.63) is 12.7 Å². The molecule has 0 aromatic rings. The van der Waals surface area contributed by atoms with E-state index in [9.17, 15) is 9.36 Å². The molecule has 0 aliphatic carbocycles. The summed E-state index contributed by atoms with van der Waals surface area (Å²) in [6.07, 6.45) is 1.09. The highest BCUT2D eigenvalue weighted by atomic mass is 31.2. The van der Waals surface area contributed by atoms with Gasteiger partial charge in [0.15, 0.2) is 0 Å². The number of carbonyl (C=O) groups excluding carboxylic acids is 1. The predicted octanol–water partition coefficient (Wildman–Crippen LogP) is 0.0520. The number of hydrogen-bond donors (Lipinski definition) is 2. The first-order valence-corrected chi connectivity index (χ1v) is 4.94. The molecular weight excluding hydrogens is 197 g/mol. The van der Waals surface area contributed by atoms with Gasteiger partial charge in [0.25, 0.3) is 0 Å². The quantitative estimate of drug-likeness (QED) is 0.367. The molecule has 0 aliphatic heterocycles. The lowest BCUT2D eigenvalue weighted by molar-refractivity contribution is -0.116. The summed E-state index contributed by atoms with van der Waals surface area (Å²) in [6.45, 7) is 3.25. The normalized spacial score (nSPS) is 14.6. The Morgan fingerprint density at radius 1 is 1.77 bits per heavy atom. The van der Waals surface area contributed by atoms with Crippen LogP contribution >= 0.6 is 7.82 Å². The van der Waals surface area contributed by atoms with Crippen LogP contribution in [0.15, 0.2) is 12.7 Å². The minimum absolute atomic E-state index is 0.0960. The van der Waals surface area contributed by atoms with Crippen molar-refractivity contribution in [2.24, 2.45) is 0 Å². The van der Waals surface area contributed by atoms with E-state index in [0.717, 1.165) is 13.2 Å². The summed E-state index contributed by atoms with van der Waals surface area (Å²) >= 11 is 0. The summed E-state index contributed by atoms with van der Waals surface area (Å²) < 4.78 is 19.2. The molecule has 2 N–H and O–H groups in total. The van der Waals surface area contributed by atoms with Crippen molar-refractivity contribution in [2.45, 2.75) is 0 Å². The molecule has 0 bridgehead atoms. The largest absolute Gasteiger partial charge is 0.471 e. The lowest BCUT2D eigenvalue weighted by Gasteiger charge is -2.08. The molecule has 0 aromatic heterocycles. The van der Waals surface area contributed by atoms with E-state index in [0.29, 0.717) is 0 Å². The van der Waals surface area contributed by atoms with Gasteiger partial charge < -0.3 is 10.2 Å². The number of rotatable bonds is 6. The van der Waals surface area contributed by atoms with Crippen LogP contribution in [0.4, 0.5) is 0 Å². The van der Waals surface area contributed by atoms with Gasteiger partial charge in [-0.3, -0.25) is 13.8 Å². The van der Waals surface area contributed by atoms with Crippen LogP contribution < -0.4 is 5.32 Å². The molecule has 0 saturated heterocycles. The molecule has 1 unspecified atom stereocenters. The third-order valence-corrected chi connectivity index (χ3v) is 2.04. The first-order chi connectivity index (χ1) is 6.02. The minimum Gasteiger partial charge on any atom is -0.350 e. The van der Waals surface area contributed by atoms with E-state index in [4.69, 9.17) is 4.89 Å². The molecule has 0 rings (SSSR count). The van der Waals surface area contributed by atoms with Crippen LogP contribution in [0.25, 0.3) is 0 Å². The third kappa shape index (κ3) is 6.48. The van der Waals surface area contributed by atoms with Gasteiger partial charge in [0.1, 0.15) is 0 Å². The Labute approximate surface area is 76.2 Å². The van der Waals surface area contributed by atoms with E-state index in [2.05, 4.69) is 20.9 Å². The smallest absolute Gasteiger partial charge is 0.350 e. The monoisotopic (exact) mass is 209 g/mol. The van der Waals surface area contributed by atoms with Crippen LogP contribution in [0, 0.1) is 0 Å². The molecule has 0 heterocycles. The van der Waals surface area contributed by atoms with Crippen molar-refractivity contribution in [3.8, 4) is 0 Å². The topological polar surface area (TPSA) is 84.9 Å². The summed E-state index contributed by atoms with van der Waals surface area (Å²) in [4.78, 5) is 19.3. The highest BCUT2D eigenvalue weighted by Gasteiger charge is 2.17. The minimum atomic E-state index is -3.92. The summed E-state index contributed by atoms with van der Waals surface area (Å²) in [5.74, 6) is -0.367. The van der Waals surface area contributed by atoms with E-state index in [1.165, 1.54) is 0 Å². The van der Waals surface area contributed by atoms with Crippen LogP contribution in [0.3, 0.4) is 0 Å². The zero-order valence-electron chi connectivity index (χ0n) is 7.23. The van der Waals surface area contributed by atoms with Crippen LogP contribution in [0.2, 0.25) is 0 Å². The number of hydrogen-bond acceptors (Lipinski definition) is 4. The molecule has 0 fully saturated rings. The molecule has 0 radical (unpaired) electrons. The first kappa shape index (κ1) is 12.3. The van der Waals surface area contributed by atoms with E-state index in [1.807, 2.05) is 0 Å². The molecule has 0 spiro atoms. The standard InChI is InChI=1S/C6H12NO5P/c1-3-6(8)7-4-5-12-13(9,10)11-2/h3H,1,4-5H2,2H3,(H,7,8)(H,9,10). The van der Waals surface area contributed by atoms with Crippen molar-refractivity contribution in [3.63, 3.8) is 0 Å². The van der Waals surface area contributed by atoms with Gasteiger partial charge in [-0.1, -0.05) is 6.58 Å². The fourth-order valence-electron chi connectivity index (χ4n) is 0.460. The zero-order valence-corrected chi connectivity index (χ0v) is 8.12. The Bertz CT molecular complexity index is 229. The summed E-state index contributed by atoms with van der Waals surface area (Å²) in [6, 6.07) is 0. The maximum absolute atomic E-state index is 10.7. The average Bonchev–Trinajstić information content (AvgIpc) is 2.12. The Morgan fingerprint density at radius 2 is 2.38 bits per heavy atom. The second kappa shape index (κ2) is 5.88. The Morgan fingerprint density at radius 3 is 2.85 bits per heavy atom. The van der Waals surface area contributed by atoms with Gasteiger partial charge in [0, 0.05) is 13.7 Å². The predicted molar refractivity (Wildman–Crippen MR) is 46.0 cm³/mol. The highest BCUT2D eigenvalue weighted by molar-refractivity contribution is 7.47. The van der Waals surface area contributed by atoms with Gasteiger partial charge in [0.2, 0.25) is 5.91 Å². The molecule has 13 heavy (non-hydrogen) atoms. The lowest BCUT2D eigenvalue weighted by Crippen LogP contribution is -2.24. The van der Waals surface area contributed by atoms with Gasteiger partial charge in [-0.25, -0.2) is 4.57 Å². The Hall–Kier alpha value is -0.680. The van der Waals surface area contributed by atoms with Gasteiger partial charge >= 0.3 is 7.82 Å². The lowest BCUT2D eigenvalue weighted by atomic mass is 10.5. The van der Waals surface area contributed by atoms with E-state index in [-0.39, 0.29) is 19.1 Å². The molecule has 0 aliphatic rings. The van der Waals surface area contributed by atoms with Crippen LogP contribution in [0.1, 0.15) is 0 Å². The van der Waals surface area contributed by atoms with Crippen molar-refractivity contribution >= 4 is 13.7 Å². The molecule has 6 nitrogen and oxygen atoms in total. The van der Waals surface area contributed by atoms with Gasteiger partial charge in [-0.2, -0.15) is 0 Å². The SMILES string of the molecule is C=CC(=O)NCCOP(=O)(O)OC. The maximum Gasteiger partial charge on any atom is 0.471 e. The van der Waals surface area contributed by atoms with Crippen molar-refractivity contribution in [2.75, 3.05) is 20.3 Å². The molecule has 7 heteroatoms. The maximum atomic E-state index is 10.7. The number of phosphoric ester groups is 1. The van der Waals surface area contributed by atoms with Crippen molar-refractivity contribution in [1.29, 1.82) is 0 Å². The highest BCUT2D eigenvalue weighted by Crippen LogP contribution is 2.41. The first-order valence-electron chi connectivity index (χ1n) is 3.45. The third-order valence-electron chi connectivity index (χ3n) is 1.07. The summed E-state index contributed by atoms with van der Waals surface area (Å²) in [7, 11) is -2.86. The second-order valence-electron chi connectivity index (χ2n) is 1.98. The number of phosphoric acid groups is 1. The van der Waals surface area contributed by atoms with E-state index in [1.54, 1.807) is 0 Å². The Balaban J connectivity index is 3.52. The van der Waals surface area contributed by atoms with E-state index < -0.39 is 7.82 Å².